The maximum atomic E-state index is 12.8. The van der Waals surface area contributed by atoms with Gasteiger partial charge in [-0.05, 0) is 42.2 Å². The molecule has 0 atom stereocenters. The third-order valence-corrected chi connectivity index (χ3v) is 5.50. The van der Waals surface area contributed by atoms with E-state index in [-0.39, 0.29) is 11.3 Å². The number of fused-ring (bicyclic) bond motifs is 1. The molecule has 0 radical (unpaired) electrons. The SMILES string of the molecule is Cc1nnc2sc(-c3ccccc3NC(=O)c3ccc(C(C)(C)C)cc3)nn12. The summed E-state index contributed by atoms with van der Waals surface area (Å²) in [4.78, 5) is 13.5. The Labute approximate surface area is 167 Å². The molecule has 2 heterocycles. The number of benzene rings is 2. The monoisotopic (exact) mass is 391 g/mol. The van der Waals surface area contributed by atoms with E-state index in [9.17, 15) is 4.79 Å². The van der Waals surface area contributed by atoms with Crippen LogP contribution in [0.2, 0.25) is 0 Å². The van der Waals surface area contributed by atoms with Gasteiger partial charge in [0.2, 0.25) is 4.96 Å². The fourth-order valence-corrected chi connectivity index (χ4v) is 3.84. The number of hydrogen-bond acceptors (Lipinski definition) is 5. The molecule has 0 aliphatic heterocycles. The molecule has 4 rings (SSSR count). The van der Waals surface area contributed by atoms with Gasteiger partial charge in [-0.15, -0.1) is 10.2 Å². The minimum Gasteiger partial charge on any atom is -0.321 e. The van der Waals surface area contributed by atoms with Gasteiger partial charge in [-0.3, -0.25) is 4.79 Å². The number of aryl methyl sites for hydroxylation is 1. The van der Waals surface area contributed by atoms with Crippen LogP contribution >= 0.6 is 11.3 Å². The highest BCUT2D eigenvalue weighted by Gasteiger charge is 2.17. The van der Waals surface area contributed by atoms with Gasteiger partial charge in [0.1, 0.15) is 5.01 Å². The lowest BCUT2D eigenvalue weighted by Crippen LogP contribution is -2.14. The Morgan fingerprint density at radius 2 is 1.75 bits per heavy atom. The molecule has 6 nitrogen and oxygen atoms in total. The predicted molar refractivity (Wildman–Crippen MR) is 112 cm³/mol. The Kier molecular flexibility index (Phi) is 4.47. The van der Waals surface area contributed by atoms with Crippen LogP contribution in [-0.2, 0) is 5.41 Å². The standard InChI is InChI=1S/C21H21N5OS/c1-13-23-24-20-26(13)25-19(28-20)16-7-5-6-8-17(16)22-18(27)14-9-11-15(12-10-14)21(2,3)4/h5-12H,1-4H3,(H,22,27). The molecule has 0 unspecified atom stereocenters. The lowest BCUT2D eigenvalue weighted by molar-refractivity contribution is 0.102. The number of nitrogens with zero attached hydrogens (tertiary/aromatic N) is 4. The molecule has 0 spiro atoms. The zero-order chi connectivity index (χ0) is 19.9. The van der Waals surface area contributed by atoms with Crippen molar-refractivity contribution in [3.05, 3.63) is 65.5 Å². The Morgan fingerprint density at radius 3 is 2.43 bits per heavy atom. The molecule has 28 heavy (non-hydrogen) atoms. The summed E-state index contributed by atoms with van der Waals surface area (Å²) in [5.74, 6) is 0.588. The van der Waals surface area contributed by atoms with E-state index in [4.69, 9.17) is 0 Å². The van der Waals surface area contributed by atoms with Crippen LogP contribution in [0.1, 0.15) is 42.5 Å². The van der Waals surface area contributed by atoms with E-state index >= 15 is 0 Å². The van der Waals surface area contributed by atoms with Crippen LogP contribution in [0, 0.1) is 6.92 Å². The number of carbonyl (C=O) groups is 1. The predicted octanol–water partition coefficient (Wildman–Crippen LogP) is 4.71. The second-order valence-electron chi connectivity index (χ2n) is 7.68. The molecular formula is C21H21N5OS. The highest BCUT2D eigenvalue weighted by atomic mass is 32.1. The van der Waals surface area contributed by atoms with Crippen molar-refractivity contribution >= 4 is 27.9 Å². The first-order valence-electron chi connectivity index (χ1n) is 9.03. The van der Waals surface area contributed by atoms with Crippen molar-refractivity contribution in [2.75, 3.05) is 5.32 Å². The number of carbonyl (C=O) groups excluding carboxylic acids is 1. The van der Waals surface area contributed by atoms with Gasteiger partial charge in [0, 0.05) is 11.1 Å². The largest absolute Gasteiger partial charge is 0.321 e. The third kappa shape index (κ3) is 3.41. The first-order chi connectivity index (χ1) is 13.3. The van der Waals surface area contributed by atoms with Gasteiger partial charge in [0.25, 0.3) is 5.91 Å². The number of amides is 1. The van der Waals surface area contributed by atoms with E-state index in [0.29, 0.717) is 5.56 Å². The quantitative estimate of drug-likeness (QED) is 0.549. The van der Waals surface area contributed by atoms with Crippen molar-refractivity contribution in [2.45, 2.75) is 33.1 Å². The number of para-hydroxylation sites is 1. The van der Waals surface area contributed by atoms with Crippen LogP contribution < -0.4 is 5.32 Å². The lowest BCUT2D eigenvalue weighted by Gasteiger charge is -2.19. The fourth-order valence-electron chi connectivity index (χ4n) is 2.92. The van der Waals surface area contributed by atoms with Gasteiger partial charge in [0.05, 0.1) is 5.69 Å². The van der Waals surface area contributed by atoms with E-state index in [0.717, 1.165) is 27.0 Å². The van der Waals surface area contributed by atoms with Crippen LogP contribution in [0.25, 0.3) is 15.5 Å². The Hall–Kier alpha value is -3.06. The van der Waals surface area contributed by atoms with E-state index in [2.05, 4.69) is 41.4 Å². The first-order valence-corrected chi connectivity index (χ1v) is 9.85. The normalized spacial score (nSPS) is 11.7. The molecule has 0 aliphatic carbocycles. The molecule has 2 aromatic carbocycles. The summed E-state index contributed by atoms with van der Waals surface area (Å²) < 4.78 is 1.71. The summed E-state index contributed by atoms with van der Waals surface area (Å²) in [6, 6.07) is 15.4. The first kappa shape index (κ1) is 18.3. The molecule has 1 N–H and O–H groups in total. The zero-order valence-electron chi connectivity index (χ0n) is 16.2. The van der Waals surface area contributed by atoms with Crippen LogP contribution in [0.4, 0.5) is 5.69 Å². The van der Waals surface area contributed by atoms with Gasteiger partial charge < -0.3 is 5.32 Å². The van der Waals surface area contributed by atoms with E-state index < -0.39 is 0 Å². The second-order valence-corrected chi connectivity index (χ2v) is 8.63. The van der Waals surface area contributed by atoms with Crippen LogP contribution in [-0.4, -0.2) is 25.7 Å². The smallest absolute Gasteiger partial charge is 0.255 e. The molecule has 0 aliphatic rings. The fraction of sp³-hybridized carbons (Fsp3) is 0.238. The zero-order valence-corrected chi connectivity index (χ0v) is 17.0. The van der Waals surface area contributed by atoms with Crippen molar-refractivity contribution < 1.29 is 4.79 Å². The third-order valence-electron chi connectivity index (χ3n) is 4.57. The maximum Gasteiger partial charge on any atom is 0.255 e. The molecule has 0 saturated carbocycles. The second kappa shape index (κ2) is 6.83. The minimum absolute atomic E-state index is 0.0526. The number of nitrogens with one attached hydrogen (secondary N) is 1. The number of aromatic nitrogens is 4. The average molecular weight is 392 g/mol. The van der Waals surface area contributed by atoms with Gasteiger partial charge in [0.15, 0.2) is 5.82 Å². The molecule has 1 amide bonds. The highest BCUT2D eigenvalue weighted by Crippen LogP contribution is 2.32. The topological polar surface area (TPSA) is 72.2 Å². The van der Waals surface area contributed by atoms with Gasteiger partial charge >= 0.3 is 0 Å². The number of hydrogen-bond donors (Lipinski definition) is 1. The summed E-state index contributed by atoms with van der Waals surface area (Å²) in [6.45, 7) is 8.32. The van der Waals surface area contributed by atoms with Crippen molar-refractivity contribution in [3.8, 4) is 10.6 Å². The molecule has 0 bridgehead atoms. The molecule has 2 aromatic heterocycles. The summed E-state index contributed by atoms with van der Waals surface area (Å²) in [6.07, 6.45) is 0. The summed E-state index contributed by atoms with van der Waals surface area (Å²) in [5.41, 5.74) is 3.44. The van der Waals surface area contributed by atoms with E-state index in [1.807, 2.05) is 55.5 Å². The molecule has 7 heteroatoms. The van der Waals surface area contributed by atoms with E-state index in [1.165, 1.54) is 16.9 Å². The van der Waals surface area contributed by atoms with Crippen molar-refractivity contribution in [1.82, 2.24) is 19.8 Å². The van der Waals surface area contributed by atoms with Crippen molar-refractivity contribution in [2.24, 2.45) is 0 Å². The Balaban J connectivity index is 1.62. The molecule has 0 saturated heterocycles. The number of anilines is 1. The van der Waals surface area contributed by atoms with Crippen molar-refractivity contribution in [3.63, 3.8) is 0 Å². The van der Waals surface area contributed by atoms with E-state index in [1.54, 1.807) is 4.52 Å². The Morgan fingerprint density at radius 1 is 1.04 bits per heavy atom. The summed E-state index contributed by atoms with van der Waals surface area (Å²) in [7, 11) is 0. The number of rotatable bonds is 3. The maximum absolute atomic E-state index is 12.8. The van der Waals surface area contributed by atoms with Crippen LogP contribution in [0.15, 0.2) is 48.5 Å². The van der Waals surface area contributed by atoms with Gasteiger partial charge in [-0.1, -0.05) is 56.4 Å². The van der Waals surface area contributed by atoms with Crippen molar-refractivity contribution in [1.29, 1.82) is 0 Å². The molecule has 142 valence electrons. The molecule has 4 aromatic rings. The molecule has 0 fully saturated rings. The lowest BCUT2D eigenvalue weighted by atomic mass is 9.87. The summed E-state index contributed by atoms with van der Waals surface area (Å²) in [5, 5.41) is 16.5. The molecular weight excluding hydrogens is 370 g/mol. The highest BCUT2D eigenvalue weighted by molar-refractivity contribution is 7.19. The average Bonchev–Trinajstić information content (AvgIpc) is 3.24. The minimum atomic E-state index is -0.146. The Bertz CT molecular complexity index is 1150. The van der Waals surface area contributed by atoms with Crippen LogP contribution in [0.5, 0.6) is 0 Å². The van der Waals surface area contributed by atoms with Gasteiger partial charge in [-0.25, -0.2) is 0 Å². The summed E-state index contributed by atoms with van der Waals surface area (Å²) >= 11 is 1.44. The van der Waals surface area contributed by atoms with Crippen LogP contribution in [0.3, 0.4) is 0 Å². The van der Waals surface area contributed by atoms with Gasteiger partial charge in [-0.2, -0.15) is 9.61 Å².